The van der Waals surface area contributed by atoms with Crippen LogP contribution in [0, 0.1) is 17.2 Å². The number of amides is 1. The Morgan fingerprint density at radius 1 is 1.14 bits per heavy atom. The van der Waals surface area contributed by atoms with Gasteiger partial charge in [0.25, 0.3) is 0 Å². The van der Waals surface area contributed by atoms with E-state index in [0.717, 1.165) is 61.2 Å². The van der Waals surface area contributed by atoms with Crippen LogP contribution in [0.25, 0.3) is 16.7 Å². The van der Waals surface area contributed by atoms with Crippen LogP contribution in [0.15, 0.2) is 42.7 Å². The molecule has 2 N–H and O–H groups in total. The number of nitrogens with one attached hydrogen (secondary N) is 1. The van der Waals surface area contributed by atoms with Crippen molar-refractivity contribution in [3.8, 4) is 11.9 Å². The molecule has 3 aromatic rings. The highest BCUT2D eigenvalue weighted by atomic mass is 16.3. The summed E-state index contributed by atoms with van der Waals surface area (Å²) in [6.07, 6.45) is 7.75. The second-order valence-electron chi connectivity index (χ2n) is 10.7. The van der Waals surface area contributed by atoms with E-state index in [1.165, 1.54) is 0 Å². The topological polar surface area (TPSA) is 110 Å². The van der Waals surface area contributed by atoms with Crippen molar-refractivity contribution < 1.29 is 9.90 Å². The molecule has 9 heteroatoms. The van der Waals surface area contributed by atoms with Crippen molar-refractivity contribution in [1.82, 2.24) is 19.4 Å². The first-order valence-corrected chi connectivity index (χ1v) is 13.2. The summed E-state index contributed by atoms with van der Waals surface area (Å²) in [5.74, 6) is 1.67. The maximum absolute atomic E-state index is 12.1. The Hall–Kier alpha value is -3.64. The van der Waals surface area contributed by atoms with Crippen molar-refractivity contribution in [2.24, 2.45) is 5.92 Å². The van der Waals surface area contributed by atoms with E-state index in [0.29, 0.717) is 31.0 Å². The molecule has 1 saturated carbocycles. The second kappa shape index (κ2) is 10.4. The number of anilines is 2. The third-order valence-electron chi connectivity index (χ3n) is 7.86. The zero-order valence-corrected chi connectivity index (χ0v) is 21.6. The van der Waals surface area contributed by atoms with Gasteiger partial charge in [-0.1, -0.05) is 6.07 Å². The van der Waals surface area contributed by atoms with E-state index in [1.54, 1.807) is 11.1 Å². The van der Waals surface area contributed by atoms with Crippen molar-refractivity contribution in [1.29, 1.82) is 5.26 Å². The van der Waals surface area contributed by atoms with Gasteiger partial charge in [0.2, 0.25) is 11.9 Å². The van der Waals surface area contributed by atoms with Gasteiger partial charge in [-0.2, -0.15) is 10.2 Å². The fraction of sp³-hybridized carbons (Fsp3) is 0.500. The summed E-state index contributed by atoms with van der Waals surface area (Å²) in [4.78, 5) is 25.5. The molecule has 0 bridgehead atoms. The fourth-order valence-electron chi connectivity index (χ4n) is 5.68. The molecule has 37 heavy (non-hydrogen) atoms. The number of piperazine rings is 1. The molecular weight excluding hydrogens is 466 g/mol. The average molecular weight is 502 g/mol. The lowest BCUT2D eigenvalue weighted by atomic mass is 9.77. The molecule has 1 aliphatic heterocycles. The van der Waals surface area contributed by atoms with Crippen molar-refractivity contribution in [2.45, 2.75) is 57.6 Å². The summed E-state index contributed by atoms with van der Waals surface area (Å²) >= 11 is 0. The van der Waals surface area contributed by atoms with Crippen LogP contribution in [-0.4, -0.2) is 68.3 Å². The standard InChI is InChI=1S/C28H35N7O2/c1-28(2,37)20-6-8-21(9-7-20)31-27-30-14-11-25(32-27)35-15-12-22-23(4-3-5-24(22)35)33-16-18-34(19-17-33)26(36)10-13-29/h3-5,11-12,14-15,20-21,37H,6-10,16-19H2,1-2H3,(H,30,31,32). The van der Waals surface area contributed by atoms with E-state index in [1.807, 2.05) is 32.2 Å². The molecule has 1 saturated heterocycles. The van der Waals surface area contributed by atoms with Gasteiger partial charge in [-0.25, -0.2) is 4.98 Å². The van der Waals surface area contributed by atoms with Crippen LogP contribution in [0.5, 0.6) is 0 Å². The molecule has 0 unspecified atom stereocenters. The molecule has 3 heterocycles. The Bertz CT molecular complexity index is 1290. The number of nitrogens with zero attached hydrogens (tertiary/aromatic N) is 6. The van der Waals surface area contributed by atoms with Crippen LogP contribution in [0.2, 0.25) is 0 Å². The molecular formula is C28H35N7O2. The van der Waals surface area contributed by atoms with Crippen molar-refractivity contribution in [3.05, 3.63) is 42.7 Å². The van der Waals surface area contributed by atoms with Gasteiger partial charge in [0.15, 0.2) is 0 Å². The van der Waals surface area contributed by atoms with E-state index < -0.39 is 5.60 Å². The molecule has 1 amide bonds. The van der Waals surface area contributed by atoms with Gasteiger partial charge in [0.05, 0.1) is 17.2 Å². The third-order valence-corrected chi connectivity index (χ3v) is 7.86. The monoisotopic (exact) mass is 501 g/mol. The smallest absolute Gasteiger partial charge is 0.236 e. The van der Waals surface area contributed by atoms with Crippen molar-refractivity contribution >= 4 is 28.4 Å². The summed E-state index contributed by atoms with van der Waals surface area (Å²) in [5.41, 5.74) is 1.58. The first-order chi connectivity index (χ1) is 17.8. The average Bonchev–Trinajstić information content (AvgIpc) is 3.33. The van der Waals surface area contributed by atoms with E-state index in [4.69, 9.17) is 10.2 Å². The minimum atomic E-state index is -0.627. The van der Waals surface area contributed by atoms with E-state index in [9.17, 15) is 9.90 Å². The number of carbonyl (C=O) groups is 1. The highest BCUT2D eigenvalue weighted by Crippen LogP contribution is 2.34. The van der Waals surface area contributed by atoms with E-state index >= 15 is 0 Å². The van der Waals surface area contributed by atoms with Gasteiger partial charge in [0, 0.05) is 55.7 Å². The lowest BCUT2D eigenvalue weighted by Gasteiger charge is -2.36. The van der Waals surface area contributed by atoms with Crippen LogP contribution in [0.4, 0.5) is 11.6 Å². The van der Waals surface area contributed by atoms with E-state index in [2.05, 4.69) is 44.0 Å². The van der Waals surface area contributed by atoms with Crippen molar-refractivity contribution in [3.63, 3.8) is 0 Å². The number of carbonyl (C=O) groups excluding carboxylic acids is 1. The Balaban J connectivity index is 1.30. The minimum Gasteiger partial charge on any atom is -0.390 e. The summed E-state index contributed by atoms with van der Waals surface area (Å²) in [6, 6.07) is 12.6. The predicted octanol–water partition coefficient (Wildman–Crippen LogP) is 3.72. The van der Waals surface area contributed by atoms with Gasteiger partial charge in [0.1, 0.15) is 12.2 Å². The highest BCUT2D eigenvalue weighted by Gasteiger charge is 2.31. The number of aliphatic hydroxyl groups is 1. The maximum atomic E-state index is 12.1. The largest absolute Gasteiger partial charge is 0.390 e. The second-order valence-corrected chi connectivity index (χ2v) is 10.7. The molecule has 5 rings (SSSR count). The Morgan fingerprint density at radius 2 is 1.89 bits per heavy atom. The molecule has 1 aromatic carbocycles. The maximum Gasteiger partial charge on any atom is 0.236 e. The van der Waals surface area contributed by atoms with Gasteiger partial charge < -0.3 is 24.8 Å². The molecule has 2 aromatic heterocycles. The highest BCUT2D eigenvalue weighted by molar-refractivity contribution is 5.94. The Morgan fingerprint density at radius 3 is 2.59 bits per heavy atom. The van der Waals surface area contributed by atoms with Crippen LogP contribution in [-0.2, 0) is 4.79 Å². The molecule has 2 aliphatic rings. The number of aromatic nitrogens is 3. The van der Waals surface area contributed by atoms with Crippen LogP contribution in [0.3, 0.4) is 0 Å². The molecule has 2 fully saturated rings. The zero-order valence-electron chi connectivity index (χ0n) is 21.6. The fourth-order valence-corrected chi connectivity index (χ4v) is 5.68. The quantitative estimate of drug-likeness (QED) is 0.530. The summed E-state index contributed by atoms with van der Waals surface area (Å²) < 4.78 is 2.09. The van der Waals surface area contributed by atoms with Gasteiger partial charge in [-0.15, -0.1) is 0 Å². The molecule has 9 nitrogen and oxygen atoms in total. The summed E-state index contributed by atoms with van der Waals surface area (Å²) in [7, 11) is 0. The lowest BCUT2D eigenvalue weighted by molar-refractivity contribution is -0.130. The molecule has 0 atom stereocenters. The molecule has 194 valence electrons. The normalized spacial score (nSPS) is 20.6. The SMILES string of the molecule is CC(C)(O)C1CCC(Nc2nccc(-n3ccc4c(N5CCN(C(=O)CC#N)CC5)cccc43)n2)CC1. The van der Waals surface area contributed by atoms with Gasteiger partial charge in [-0.3, -0.25) is 4.79 Å². The number of benzene rings is 1. The van der Waals surface area contributed by atoms with Crippen LogP contribution >= 0.6 is 0 Å². The Labute approximate surface area is 217 Å². The summed E-state index contributed by atoms with van der Waals surface area (Å²) in [5, 5.41) is 23.8. The number of rotatable bonds is 6. The molecule has 1 aliphatic carbocycles. The Kier molecular flexibility index (Phi) is 7.02. The minimum absolute atomic E-state index is 0.0592. The number of hydrogen-bond acceptors (Lipinski definition) is 7. The first kappa shape index (κ1) is 25.0. The van der Waals surface area contributed by atoms with E-state index in [-0.39, 0.29) is 12.3 Å². The molecule has 0 spiro atoms. The van der Waals surface area contributed by atoms with Gasteiger partial charge >= 0.3 is 0 Å². The van der Waals surface area contributed by atoms with Gasteiger partial charge in [-0.05, 0) is 69.7 Å². The predicted molar refractivity (Wildman–Crippen MR) is 144 cm³/mol. The number of hydrogen-bond donors (Lipinski definition) is 2. The lowest BCUT2D eigenvalue weighted by Crippen LogP contribution is -2.48. The summed E-state index contributed by atoms with van der Waals surface area (Å²) in [6.45, 7) is 6.52. The van der Waals surface area contributed by atoms with Crippen LogP contribution in [0.1, 0.15) is 46.0 Å². The zero-order chi connectivity index (χ0) is 26.0. The molecule has 0 radical (unpaired) electrons. The van der Waals surface area contributed by atoms with Crippen molar-refractivity contribution in [2.75, 3.05) is 36.4 Å². The van der Waals surface area contributed by atoms with Crippen LogP contribution < -0.4 is 10.2 Å². The number of fused-ring (bicyclic) bond motifs is 1. The first-order valence-electron chi connectivity index (χ1n) is 13.2. The number of nitriles is 1. The third kappa shape index (κ3) is 5.39.